The first-order valence-corrected chi connectivity index (χ1v) is 9.61. The summed E-state index contributed by atoms with van der Waals surface area (Å²) in [5.41, 5.74) is 2.05. The number of aromatic nitrogens is 2. The van der Waals surface area contributed by atoms with Gasteiger partial charge in [0, 0.05) is 30.7 Å². The average molecular weight is 527 g/mol. The van der Waals surface area contributed by atoms with Crippen LogP contribution < -0.4 is 15.4 Å². The number of aliphatic imine (C=N–C) groups is 1. The molecule has 0 aliphatic rings. The molecule has 0 amide bonds. The van der Waals surface area contributed by atoms with Gasteiger partial charge in [0.25, 0.3) is 0 Å². The van der Waals surface area contributed by atoms with E-state index in [0.717, 1.165) is 16.3 Å². The quantitative estimate of drug-likeness (QED) is 0.279. The second-order valence-corrected chi connectivity index (χ2v) is 7.38. The SMILES string of the molecule is CN=C(NCc1ccc(Oc2ccc(F)cc2)nc1)NCc1nc(C)c(C)s1.I. The third-order valence-electron chi connectivity index (χ3n) is 4.00. The van der Waals surface area contributed by atoms with Crippen LogP contribution in [-0.2, 0) is 13.1 Å². The minimum absolute atomic E-state index is 0. The van der Waals surface area contributed by atoms with Gasteiger partial charge in [-0.1, -0.05) is 6.07 Å². The highest BCUT2D eigenvalue weighted by molar-refractivity contribution is 14.0. The summed E-state index contributed by atoms with van der Waals surface area (Å²) in [5.74, 6) is 1.38. The summed E-state index contributed by atoms with van der Waals surface area (Å²) in [6, 6.07) is 9.51. The zero-order valence-corrected chi connectivity index (χ0v) is 19.5. The first-order valence-electron chi connectivity index (χ1n) is 8.79. The van der Waals surface area contributed by atoms with Crippen molar-refractivity contribution >= 4 is 41.3 Å². The van der Waals surface area contributed by atoms with Crippen LogP contribution in [-0.4, -0.2) is 23.0 Å². The summed E-state index contributed by atoms with van der Waals surface area (Å²) in [5, 5.41) is 7.53. The van der Waals surface area contributed by atoms with E-state index >= 15 is 0 Å². The maximum atomic E-state index is 12.9. The van der Waals surface area contributed by atoms with E-state index in [1.165, 1.54) is 17.0 Å². The Labute approximate surface area is 190 Å². The highest BCUT2D eigenvalue weighted by atomic mass is 127. The smallest absolute Gasteiger partial charge is 0.219 e. The van der Waals surface area contributed by atoms with Crippen molar-refractivity contribution in [3.05, 3.63) is 69.6 Å². The van der Waals surface area contributed by atoms with Crippen molar-refractivity contribution in [2.24, 2.45) is 4.99 Å². The molecule has 0 radical (unpaired) electrons. The Hall–Kier alpha value is -2.27. The lowest BCUT2D eigenvalue weighted by atomic mass is 10.3. The molecule has 2 N–H and O–H groups in total. The number of ether oxygens (including phenoxy) is 1. The van der Waals surface area contributed by atoms with Crippen molar-refractivity contribution < 1.29 is 9.13 Å². The number of nitrogens with one attached hydrogen (secondary N) is 2. The second-order valence-electron chi connectivity index (χ2n) is 6.09. The fraction of sp³-hybridized carbons (Fsp3) is 0.250. The Morgan fingerprint density at radius 3 is 2.41 bits per heavy atom. The van der Waals surface area contributed by atoms with Crippen LogP contribution in [0.4, 0.5) is 4.39 Å². The first kappa shape index (κ1) is 23.0. The lowest BCUT2D eigenvalue weighted by molar-refractivity contribution is 0.461. The molecule has 0 fully saturated rings. The Kier molecular flexibility index (Phi) is 8.77. The molecule has 0 atom stereocenters. The van der Waals surface area contributed by atoms with Crippen LogP contribution in [0.25, 0.3) is 0 Å². The van der Waals surface area contributed by atoms with Crippen LogP contribution in [0.5, 0.6) is 11.6 Å². The lowest BCUT2D eigenvalue weighted by Crippen LogP contribution is -2.36. The standard InChI is InChI=1S/C20H22FN5OS.HI/c1-13-14(2)28-19(26-13)12-25-20(22-3)24-11-15-4-9-18(23-10-15)27-17-7-5-16(21)6-8-17;/h4-10H,11-12H2,1-3H3,(H2,22,24,25);1H. The molecule has 0 saturated carbocycles. The van der Waals surface area contributed by atoms with Crippen LogP contribution in [0.1, 0.15) is 21.1 Å². The van der Waals surface area contributed by atoms with E-state index in [1.807, 2.05) is 13.0 Å². The van der Waals surface area contributed by atoms with E-state index in [0.29, 0.717) is 30.7 Å². The van der Waals surface area contributed by atoms with Crippen LogP contribution in [0.2, 0.25) is 0 Å². The predicted octanol–water partition coefficient (Wildman–Crippen LogP) is 4.57. The Morgan fingerprint density at radius 1 is 1.10 bits per heavy atom. The van der Waals surface area contributed by atoms with Crippen LogP contribution >= 0.6 is 35.3 Å². The summed E-state index contributed by atoms with van der Waals surface area (Å²) in [6.45, 7) is 5.28. The van der Waals surface area contributed by atoms with Gasteiger partial charge < -0.3 is 15.4 Å². The number of hydrogen-bond acceptors (Lipinski definition) is 5. The molecule has 0 aliphatic heterocycles. The van der Waals surface area contributed by atoms with Crippen molar-refractivity contribution in [2.75, 3.05) is 7.05 Å². The van der Waals surface area contributed by atoms with E-state index in [-0.39, 0.29) is 29.8 Å². The molecule has 0 bridgehead atoms. The van der Waals surface area contributed by atoms with Crippen molar-refractivity contribution in [1.82, 2.24) is 20.6 Å². The molecule has 154 valence electrons. The molecule has 2 aromatic heterocycles. The van der Waals surface area contributed by atoms with Gasteiger partial charge in [-0.05, 0) is 43.7 Å². The molecule has 0 unspecified atom stereocenters. The van der Waals surface area contributed by atoms with Gasteiger partial charge in [0.05, 0.1) is 12.2 Å². The molecule has 6 nitrogen and oxygen atoms in total. The van der Waals surface area contributed by atoms with E-state index in [4.69, 9.17) is 4.74 Å². The van der Waals surface area contributed by atoms with Crippen molar-refractivity contribution in [1.29, 1.82) is 0 Å². The highest BCUT2D eigenvalue weighted by Crippen LogP contribution is 2.19. The molecule has 2 heterocycles. The van der Waals surface area contributed by atoms with Crippen LogP contribution in [0, 0.1) is 19.7 Å². The van der Waals surface area contributed by atoms with Gasteiger partial charge in [0.15, 0.2) is 5.96 Å². The molecule has 3 aromatic rings. The Bertz CT molecular complexity index is 925. The van der Waals surface area contributed by atoms with E-state index in [9.17, 15) is 4.39 Å². The largest absolute Gasteiger partial charge is 0.439 e. The zero-order chi connectivity index (χ0) is 19.9. The maximum absolute atomic E-state index is 12.9. The van der Waals surface area contributed by atoms with Crippen LogP contribution in [0.15, 0.2) is 47.6 Å². The minimum atomic E-state index is -0.302. The van der Waals surface area contributed by atoms with Gasteiger partial charge in [0.2, 0.25) is 5.88 Å². The first-order chi connectivity index (χ1) is 13.5. The third-order valence-corrected chi connectivity index (χ3v) is 5.07. The molecule has 29 heavy (non-hydrogen) atoms. The summed E-state index contributed by atoms with van der Waals surface area (Å²) < 4.78 is 18.5. The summed E-state index contributed by atoms with van der Waals surface area (Å²) in [4.78, 5) is 14.2. The summed E-state index contributed by atoms with van der Waals surface area (Å²) in [6.07, 6.45) is 1.73. The fourth-order valence-electron chi connectivity index (χ4n) is 2.38. The average Bonchev–Trinajstić information content (AvgIpc) is 3.02. The van der Waals surface area contributed by atoms with E-state index in [2.05, 4.69) is 32.5 Å². The number of aryl methyl sites for hydroxylation is 2. The maximum Gasteiger partial charge on any atom is 0.219 e. The van der Waals surface area contributed by atoms with Crippen molar-refractivity contribution in [3.63, 3.8) is 0 Å². The van der Waals surface area contributed by atoms with Gasteiger partial charge in [0.1, 0.15) is 16.6 Å². The van der Waals surface area contributed by atoms with Gasteiger partial charge >= 0.3 is 0 Å². The van der Waals surface area contributed by atoms with Gasteiger partial charge in [-0.3, -0.25) is 4.99 Å². The van der Waals surface area contributed by atoms with Crippen LogP contribution in [0.3, 0.4) is 0 Å². The summed E-state index contributed by atoms with van der Waals surface area (Å²) in [7, 11) is 1.73. The number of nitrogens with zero attached hydrogens (tertiary/aromatic N) is 3. The third kappa shape index (κ3) is 6.93. The second kappa shape index (κ2) is 11.1. The molecular weight excluding hydrogens is 504 g/mol. The van der Waals surface area contributed by atoms with Gasteiger partial charge in [-0.25, -0.2) is 14.4 Å². The molecular formula is C20H23FIN5OS. The van der Waals surface area contributed by atoms with E-state index < -0.39 is 0 Å². The highest BCUT2D eigenvalue weighted by Gasteiger charge is 2.05. The number of rotatable bonds is 6. The number of thiazole rings is 1. The van der Waals surface area contributed by atoms with Crippen molar-refractivity contribution in [2.45, 2.75) is 26.9 Å². The summed E-state index contributed by atoms with van der Waals surface area (Å²) >= 11 is 1.68. The number of hydrogen-bond donors (Lipinski definition) is 2. The topological polar surface area (TPSA) is 71.4 Å². The molecule has 3 rings (SSSR count). The zero-order valence-electron chi connectivity index (χ0n) is 16.4. The normalized spacial score (nSPS) is 11.0. The van der Waals surface area contributed by atoms with E-state index in [1.54, 1.807) is 42.8 Å². The number of halogens is 2. The molecule has 0 aliphatic carbocycles. The lowest BCUT2D eigenvalue weighted by Gasteiger charge is -2.11. The predicted molar refractivity (Wildman–Crippen MR) is 125 cm³/mol. The molecule has 0 spiro atoms. The molecule has 9 heteroatoms. The Balaban J connectivity index is 0.00000300. The molecule has 0 saturated heterocycles. The van der Waals surface area contributed by atoms with Gasteiger partial charge in [-0.15, -0.1) is 35.3 Å². The monoisotopic (exact) mass is 527 g/mol. The number of benzene rings is 1. The fourth-order valence-corrected chi connectivity index (χ4v) is 3.25. The number of pyridine rings is 1. The molecule has 1 aromatic carbocycles. The number of guanidine groups is 1. The minimum Gasteiger partial charge on any atom is -0.439 e. The van der Waals surface area contributed by atoms with Crippen molar-refractivity contribution in [3.8, 4) is 11.6 Å². The Morgan fingerprint density at radius 2 is 1.83 bits per heavy atom. The van der Waals surface area contributed by atoms with Gasteiger partial charge in [-0.2, -0.15) is 0 Å².